The van der Waals surface area contributed by atoms with Crippen LogP contribution in [-0.2, 0) is 0 Å². The Kier molecular flexibility index (Phi) is 5.07. The topological polar surface area (TPSA) is 30.7 Å². The summed E-state index contributed by atoms with van der Waals surface area (Å²) in [7, 11) is 0. The third-order valence-electron chi connectivity index (χ3n) is 8.20. The van der Waals surface area contributed by atoms with Gasteiger partial charge in [0, 0.05) is 53.1 Å². The lowest BCUT2D eigenvalue weighted by Crippen LogP contribution is -1.95. The molecule has 3 heterocycles. The van der Waals surface area contributed by atoms with Crippen LogP contribution in [0.4, 0.5) is 0 Å². The van der Waals surface area contributed by atoms with Gasteiger partial charge in [0.2, 0.25) is 0 Å². The molecule has 0 amide bonds. The van der Waals surface area contributed by atoms with E-state index in [0.717, 1.165) is 33.5 Å². The first-order valence-electron chi connectivity index (χ1n) is 14.1. The van der Waals surface area contributed by atoms with Crippen molar-refractivity contribution in [3.63, 3.8) is 0 Å². The van der Waals surface area contributed by atoms with Gasteiger partial charge in [-0.25, -0.2) is 9.97 Å². The van der Waals surface area contributed by atoms with Gasteiger partial charge in [-0.2, -0.15) is 0 Å². The summed E-state index contributed by atoms with van der Waals surface area (Å²) in [6.45, 7) is 0. The van der Waals surface area contributed by atoms with E-state index >= 15 is 0 Å². The van der Waals surface area contributed by atoms with Crippen LogP contribution in [0.1, 0.15) is 0 Å². The average molecular weight is 554 g/mol. The van der Waals surface area contributed by atoms with Gasteiger partial charge in [0.25, 0.3) is 0 Å². The van der Waals surface area contributed by atoms with Gasteiger partial charge in [-0.15, -0.1) is 11.3 Å². The van der Waals surface area contributed by atoms with Crippen molar-refractivity contribution in [1.29, 1.82) is 0 Å². The summed E-state index contributed by atoms with van der Waals surface area (Å²) >= 11 is 1.87. The number of hydrogen-bond acceptors (Lipinski definition) is 3. The predicted molar refractivity (Wildman–Crippen MR) is 178 cm³/mol. The molecule has 42 heavy (non-hydrogen) atoms. The maximum atomic E-state index is 5.21. The second-order valence-electron chi connectivity index (χ2n) is 10.6. The Morgan fingerprint density at radius 1 is 0.476 bits per heavy atom. The van der Waals surface area contributed by atoms with Crippen LogP contribution in [0.5, 0.6) is 0 Å². The van der Waals surface area contributed by atoms with Gasteiger partial charge in [0.1, 0.15) is 0 Å². The lowest BCUT2D eigenvalue weighted by Gasteiger charge is -2.10. The summed E-state index contributed by atoms with van der Waals surface area (Å²) in [6.07, 6.45) is 0. The standard InChI is InChI=1S/C38H23N3S/c1-3-12-24(13-4-1)38-39-31-20-9-7-16-28(31)35(40-38)30-19-11-18-26-27-22-23-33-34(37(27)42-36(26)30)29-17-8-10-21-32(29)41(33)25-14-5-2-6-15-25/h1-23H. The first-order chi connectivity index (χ1) is 20.8. The van der Waals surface area contributed by atoms with Crippen LogP contribution in [0, 0.1) is 0 Å². The van der Waals surface area contributed by atoms with Crippen molar-refractivity contribution in [1.82, 2.24) is 14.5 Å². The molecule has 9 aromatic rings. The van der Waals surface area contributed by atoms with Gasteiger partial charge in [-0.3, -0.25) is 0 Å². The summed E-state index contributed by atoms with van der Waals surface area (Å²) in [5.74, 6) is 0.746. The summed E-state index contributed by atoms with van der Waals surface area (Å²) in [5.41, 5.74) is 7.70. The average Bonchev–Trinajstić information content (AvgIpc) is 3.61. The summed E-state index contributed by atoms with van der Waals surface area (Å²) < 4.78 is 4.95. The highest BCUT2D eigenvalue weighted by Crippen LogP contribution is 2.46. The molecule has 0 radical (unpaired) electrons. The highest BCUT2D eigenvalue weighted by molar-refractivity contribution is 7.27. The van der Waals surface area contributed by atoms with E-state index < -0.39 is 0 Å². The van der Waals surface area contributed by atoms with Crippen molar-refractivity contribution in [3.05, 3.63) is 140 Å². The van der Waals surface area contributed by atoms with Crippen molar-refractivity contribution in [2.75, 3.05) is 0 Å². The van der Waals surface area contributed by atoms with Gasteiger partial charge >= 0.3 is 0 Å². The lowest BCUT2D eigenvalue weighted by molar-refractivity contribution is 1.18. The van der Waals surface area contributed by atoms with Crippen molar-refractivity contribution in [2.24, 2.45) is 0 Å². The molecule has 0 aliphatic heterocycles. The molecule has 0 spiro atoms. The number of aromatic nitrogens is 3. The lowest BCUT2D eigenvalue weighted by atomic mass is 10.0. The molecule has 0 N–H and O–H groups in total. The smallest absolute Gasteiger partial charge is 0.160 e. The molecular formula is C38H23N3S. The quantitative estimate of drug-likeness (QED) is 0.218. The number of benzene rings is 6. The van der Waals surface area contributed by atoms with Crippen LogP contribution >= 0.6 is 11.3 Å². The molecule has 196 valence electrons. The van der Waals surface area contributed by atoms with Gasteiger partial charge < -0.3 is 4.57 Å². The van der Waals surface area contributed by atoms with Gasteiger partial charge in [-0.1, -0.05) is 109 Å². The van der Waals surface area contributed by atoms with Crippen LogP contribution in [0.3, 0.4) is 0 Å². The van der Waals surface area contributed by atoms with E-state index in [4.69, 9.17) is 9.97 Å². The molecule has 0 aliphatic carbocycles. The molecular weight excluding hydrogens is 531 g/mol. The third kappa shape index (κ3) is 3.39. The number of para-hydroxylation sites is 3. The maximum absolute atomic E-state index is 5.21. The second-order valence-corrected chi connectivity index (χ2v) is 11.6. The van der Waals surface area contributed by atoms with Gasteiger partial charge in [-0.05, 0) is 30.3 Å². The number of rotatable bonds is 3. The minimum Gasteiger partial charge on any atom is -0.309 e. The molecule has 4 heteroatoms. The molecule has 0 aliphatic rings. The third-order valence-corrected chi connectivity index (χ3v) is 9.48. The molecule has 0 fully saturated rings. The van der Waals surface area contributed by atoms with Crippen LogP contribution in [-0.4, -0.2) is 14.5 Å². The Morgan fingerprint density at radius 3 is 2.02 bits per heavy atom. The Balaban J connectivity index is 1.38. The molecule has 9 rings (SSSR count). The van der Waals surface area contributed by atoms with Crippen LogP contribution < -0.4 is 0 Å². The van der Waals surface area contributed by atoms with E-state index in [-0.39, 0.29) is 0 Å². The van der Waals surface area contributed by atoms with E-state index in [1.54, 1.807) is 0 Å². The van der Waals surface area contributed by atoms with Crippen molar-refractivity contribution >= 4 is 64.2 Å². The SMILES string of the molecule is c1ccc(-c2nc(-c3cccc4c3sc3c4ccc4c3c3ccccc3n4-c3ccccc3)c3ccccc3n2)cc1. The summed E-state index contributed by atoms with van der Waals surface area (Å²) in [6, 6.07) is 49.2. The molecule has 0 atom stereocenters. The molecule has 6 aromatic carbocycles. The first kappa shape index (κ1) is 23.4. The predicted octanol–water partition coefficient (Wildman–Crippen LogP) is 10.4. The van der Waals surface area contributed by atoms with E-state index in [1.807, 2.05) is 35.6 Å². The number of nitrogens with zero attached hydrogens (tertiary/aromatic N) is 3. The minimum absolute atomic E-state index is 0.746. The Labute approximate surface area is 246 Å². The first-order valence-corrected chi connectivity index (χ1v) is 14.9. The molecule has 3 nitrogen and oxygen atoms in total. The van der Waals surface area contributed by atoms with E-state index in [2.05, 4.69) is 120 Å². The Morgan fingerprint density at radius 2 is 1.17 bits per heavy atom. The molecule has 0 saturated carbocycles. The monoisotopic (exact) mass is 553 g/mol. The largest absolute Gasteiger partial charge is 0.309 e. The van der Waals surface area contributed by atoms with Crippen LogP contribution in [0.25, 0.3) is 81.2 Å². The fraction of sp³-hybridized carbons (Fsp3) is 0. The zero-order valence-electron chi connectivity index (χ0n) is 22.5. The zero-order valence-corrected chi connectivity index (χ0v) is 23.3. The van der Waals surface area contributed by atoms with E-state index in [9.17, 15) is 0 Å². The van der Waals surface area contributed by atoms with Gasteiger partial charge in [0.15, 0.2) is 5.82 Å². The highest BCUT2D eigenvalue weighted by atomic mass is 32.1. The maximum Gasteiger partial charge on any atom is 0.160 e. The second kappa shape index (κ2) is 9.10. The zero-order chi connectivity index (χ0) is 27.6. The highest BCUT2D eigenvalue weighted by Gasteiger charge is 2.20. The van der Waals surface area contributed by atoms with Crippen molar-refractivity contribution in [2.45, 2.75) is 0 Å². The number of hydrogen-bond donors (Lipinski definition) is 0. The fourth-order valence-corrected chi connectivity index (χ4v) is 7.72. The van der Waals surface area contributed by atoms with E-state index in [1.165, 1.54) is 47.7 Å². The van der Waals surface area contributed by atoms with Crippen molar-refractivity contribution in [3.8, 4) is 28.3 Å². The van der Waals surface area contributed by atoms with Crippen molar-refractivity contribution < 1.29 is 0 Å². The van der Waals surface area contributed by atoms with Crippen LogP contribution in [0.15, 0.2) is 140 Å². The molecule has 0 unspecified atom stereocenters. The fourth-order valence-electron chi connectivity index (χ4n) is 6.35. The molecule has 0 bridgehead atoms. The Bertz CT molecular complexity index is 2460. The summed E-state index contributed by atoms with van der Waals surface area (Å²) in [5, 5.41) is 6.18. The normalized spacial score (nSPS) is 11.8. The molecule has 3 aromatic heterocycles. The minimum atomic E-state index is 0.746. The van der Waals surface area contributed by atoms with Crippen LogP contribution in [0.2, 0.25) is 0 Å². The van der Waals surface area contributed by atoms with E-state index in [0.29, 0.717) is 0 Å². The van der Waals surface area contributed by atoms with Gasteiger partial charge in [0.05, 0.1) is 22.2 Å². The Hall–Kier alpha value is -5.32. The molecule has 0 saturated heterocycles. The number of fused-ring (bicyclic) bond motifs is 8. The number of thiophene rings is 1. The summed E-state index contributed by atoms with van der Waals surface area (Å²) in [4.78, 5) is 10.2.